The van der Waals surface area contributed by atoms with E-state index in [-0.39, 0.29) is 36.0 Å². The summed E-state index contributed by atoms with van der Waals surface area (Å²) in [5.41, 5.74) is -1.11. The standard InChI is InChI=1S/C26H27Br2N3O6/c1-11-12(2)22(34)26(4)17(14-9-16(37-6)20(32)19(28)18(14)27)13-7-8-30-23(35)29(5)24(36)31(30)15(13)10-25(26,3)21(11)33/h7,9,15,17,32H,8,10H2,1-6H3/t15-,17-,25+,26-/m1/s1. The first-order chi connectivity index (χ1) is 17.2. The molecule has 1 fully saturated rings. The summed E-state index contributed by atoms with van der Waals surface area (Å²) in [7, 11) is 2.86. The third kappa shape index (κ3) is 3.01. The van der Waals surface area contributed by atoms with Crippen molar-refractivity contribution in [3.8, 4) is 11.5 Å². The van der Waals surface area contributed by atoms with Gasteiger partial charge in [0.2, 0.25) is 0 Å². The van der Waals surface area contributed by atoms with Gasteiger partial charge in [0.25, 0.3) is 0 Å². The summed E-state index contributed by atoms with van der Waals surface area (Å²) >= 11 is 7.04. The molecular formula is C26H27Br2N3O6. The molecule has 3 aliphatic rings. The molecule has 2 heterocycles. The molecule has 2 aliphatic carbocycles. The summed E-state index contributed by atoms with van der Waals surface area (Å²) in [6, 6.07) is 1.03. The Bertz CT molecular complexity index is 1610. The zero-order valence-corrected chi connectivity index (χ0v) is 24.5. The van der Waals surface area contributed by atoms with Crippen LogP contribution in [0.3, 0.4) is 0 Å². The molecule has 0 bridgehead atoms. The number of ether oxygens (including phenoxy) is 1. The third-order valence-electron chi connectivity index (χ3n) is 9.01. The van der Waals surface area contributed by atoms with Crippen molar-refractivity contribution in [2.75, 3.05) is 7.11 Å². The Morgan fingerprint density at radius 3 is 2.27 bits per heavy atom. The molecule has 0 saturated heterocycles. The fraction of sp³-hybridized carbons (Fsp3) is 0.462. The fourth-order valence-corrected chi connectivity index (χ4v) is 7.58. The SMILES string of the molecule is COc1cc([C@H]2C3=CCn4c(=O)n(C)c(=O)n4[C@@H]3C[C@@]3(C)C(=O)C(C)=C(C)C(=O)[C@@]23C)c(Br)c(Br)c1O. The van der Waals surface area contributed by atoms with Crippen LogP contribution in [-0.2, 0) is 23.2 Å². The van der Waals surface area contributed by atoms with E-state index >= 15 is 0 Å². The second kappa shape index (κ2) is 8.17. The van der Waals surface area contributed by atoms with E-state index in [9.17, 15) is 24.3 Å². The smallest absolute Gasteiger partial charge is 0.347 e. The number of ketones is 2. The quantitative estimate of drug-likeness (QED) is 0.503. The van der Waals surface area contributed by atoms with Crippen molar-refractivity contribution in [2.45, 2.75) is 52.6 Å². The molecular weight excluding hydrogens is 610 g/mol. The van der Waals surface area contributed by atoms with Gasteiger partial charge >= 0.3 is 11.4 Å². The minimum Gasteiger partial charge on any atom is -0.503 e. The number of rotatable bonds is 2. The molecule has 11 heteroatoms. The predicted molar refractivity (Wildman–Crippen MR) is 143 cm³/mol. The highest BCUT2D eigenvalue weighted by atomic mass is 79.9. The van der Waals surface area contributed by atoms with Crippen LogP contribution in [0.25, 0.3) is 0 Å². The molecule has 1 N–H and O–H groups in total. The number of aromatic hydroxyl groups is 1. The Morgan fingerprint density at radius 1 is 1.03 bits per heavy atom. The third-order valence-corrected chi connectivity index (χ3v) is 11.2. The van der Waals surface area contributed by atoms with Crippen molar-refractivity contribution in [1.82, 2.24) is 13.9 Å². The lowest BCUT2D eigenvalue weighted by atomic mass is 9.43. The largest absolute Gasteiger partial charge is 0.503 e. The van der Waals surface area contributed by atoms with Crippen LogP contribution in [0.2, 0.25) is 0 Å². The number of fused-ring (bicyclic) bond motifs is 4. The molecule has 0 radical (unpaired) electrons. The highest BCUT2D eigenvalue weighted by Gasteiger charge is 2.67. The molecule has 1 aromatic carbocycles. The number of hydrogen-bond acceptors (Lipinski definition) is 6. The average molecular weight is 637 g/mol. The predicted octanol–water partition coefficient (Wildman–Crippen LogP) is 3.76. The molecule has 0 spiro atoms. The number of phenols is 1. The van der Waals surface area contributed by atoms with E-state index in [1.54, 1.807) is 26.8 Å². The molecule has 5 rings (SSSR count). The Kier molecular flexibility index (Phi) is 5.73. The minimum absolute atomic E-state index is 0.109. The Hall–Kier alpha value is -2.66. The average Bonchev–Trinajstić information content (AvgIpc) is 3.10. The molecule has 196 valence electrons. The van der Waals surface area contributed by atoms with E-state index in [0.717, 1.165) is 10.1 Å². The monoisotopic (exact) mass is 635 g/mol. The second-order valence-corrected chi connectivity index (χ2v) is 12.1. The summed E-state index contributed by atoms with van der Waals surface area (Å²) in [5.74, 6) is -0.884. The topological polar surface area (TPSA) is 113 Å². The first kappa shape index (κ1) is 26.0. The summed E-state index contributed by atoms with van der Waals surface area (Å²) in [6.45, 7) is 7.11. The normalized spacial score (nSPS) is 29.0. The van der Waals surface area contributed by atoms with Gasteiger partial charge in [-0.2, -0.15) is 0 Å². The number of methoxy groups -OCH3 is 1. The molecule has 37 heavy (non-hydrogen) atoms. The Balaban J connectivity index is 1.91. The highest BCUT2D eigenvalue weighted by Crippen LogP contribution is 2.67. The Morgan fingerprint density at radius 2 is 1.65 bits per heavy atom. The van der Waals surface area contributed by atoms with E-state index in [4.69, 9.17) is 4.74 Å². The maximum Gasteiger partial charge on any atom is 0.347 e. The van der Waals surface area contributed by atoms with Crippen molar-refractivity contribution in [3.63, 3.8) is 0 Å². The number of phenolic OH excluding ortho intramolecular Hbond substituents is 1. The number of halogens is 2. The lowest BCUT2D eigenvalue weighted by Crippen LogP contribution is -2.61. The summed E-state index contributed by atoms with van der Waals surface area (Å²) in [6.07, 6.45) is 2.07. The van der Waals surface area contributed by atoms with Crippen molar-refractivity contribution in [3.05, 3.63) is 64.3 Å². The zero-order chi connectivity index (χ0) is 27.4. The maximum absolute atomic E-state index is 14.2. The van der Waals surface area contributed by atoms with Gasteiger partial charge in [-0.3, -0.25) is 9.59 Å². The van der Waals surface area contributed by atoms with Gasteiger partial charge < -0.3 is 9.84 Å². The van der Waals surface area contributed by atoms with E-state index in [1.807, 2.05) is 13.0 Å². The number of carbonyl (C=O) groups excluding carboxylic acids is 2. The number of allylic oxidation sites excluding steroid dienone is 4. The molecule has 0 unspecified atom stereocenters. The first-order valence-electron chi connectivity index (χ1n) is 11.8. The van der Waals surface area contributed by atoms with Gasteiger partial charge in [-0.05, 0) is 80.5 Å². The maximum atomic E-state index is 14.2. The van der Waals surface area contributed by atoms with Gasteiger partial charge in [0.05, 0.1) is 29.6 Å². The van der Waals surface area contributed by atoms with Crippen LogP contribution in [0, 0.1) is 10.8 Å². The van der Waals surface area contributed by atoms with Gasteiger partial charge in [0.1, 0.15) is 0 Å². The van der Waals surface area contributed by atoms with Gasteiger partial charge in [-0.1, -0.05) is 19.9 Å². The van der Waals surface area contributed by atoms with E-state index in [2.05, 4.69) is 31.9 Å². The summed E-state index contributed by atoms with van der Waals surface area (Å²) in [5, 5.41) is 10.6. The van der Waals surface area contributed by atoms with Crippen LogP contribution in [0.5, 0.6) is 11.5 Å². The van der Waals surface area contributed by atoms with Crippen LogP contribution in [-0.4, -0.2) is 37.7 Å². The van der Waals surface area contributed by atoms with E-state index in [1.165, 1.54) is 23.5 Å². The summed E-state index contributed by atoms with van der Waals surface area (Å²) < 4.78 is 10.2. The molecule has 0 amide bonds. The van der Waals surface area contributed by atoms with Crippen molar-refractivity contribution < 1.29 is 19.4 Å². The first-order valence-corrected chi connectivity index (χ1v) is 13.4. The van der Waals surface area contributed by atoms with Crippen molar-refractivity contribution >= 4 is 43.4 Å². The zero-order valence-electron chi connectivity index (χ0n) is 21.3. The van der Waals surface area contributed by atoms with Gasteiger partial charge in [0.15, 0.2) is 23.1 Å². The lowest BCUT2D eigenvalue weighted by Gasteiger charge is -2.58. The van der Waals surface area contributed by atoms with Crippen LogP contribution in [0.1, 0.15) is 51.6 Å². The highest BCUT2D eigenvalue weighted by molar-refractivity contribution is 9.13. The van der Waals surface area contributed by atoms with Gasteiger partial charge in [-0.25, -0.2) is 23.5 Å². The van der Waals surface area contributed by atoms with Gasteiger partial charge in [-0.15, -0.1) is 0 Å². The summed E-state index contributed by atoms with van der Waals surface area (Å²) in [4.78, 5) is 54.3. The van der Waals surface area contributed by atoms with Crippen molar-refractivity contribution in [2.24, 2.45) is 17.9 Å². The number of Topliss-reactive ketones (excluding diaryl/α,β-unsaturated/α-hetero) is 2. The van der Waals surface area contributed by atoms with Crippen LogP contribution in [0.4, 0.5) is 0 Å². The molecule has 1 aromatic heterocycles. The van der Waals surface area contributed by atoms with Crippen molar-refractivity contribution in [1.29, 1.82) is 0 Å². The molecule has 1 aliphatic heterocycles. The van der Waals surface area contributed by atoms with E-state index in [0.29, 0.717) is 25.7 Å². The number of aromatic nitrogens is 3. The van der Waals surface area contributed by atoms with Gasteiger partial charge in [0, 0.05) is 22.9 Å². The van der Waals surface area contributed by atoms with Crippen LogP contribution >= 0.6 is 31.9 Å². The van der Waals surface area contributed by atoms with Crippen LogP contribution < -0.4 is 16.1 Å². The molecule has 4 atom stereocenters. The fourth-order valence-electron chi connectivity index (χ4n) is 6.63. The van der Waals surface area contributed by atoms with E-state index < -0.39 is 34.2 Å². The second-order valence-electron chi connectivity index (χ2n) is 10.5. The number of hydrogen-bond donors (Lipinski definition) is 1. The number of benzene rings is 1. The number of carbonyl (C=O) groups is 2. The van der Waals surface area contributed by atoms with Crippen LogP contribution in [0.15, 0.2) is 47.4 Å². The molecule has 1 saturated carbocycles. The Labute approximate surface area is 229 Å². The number of nitrogens with zero attached hydrogens (tertiary/aromatic N) is 3. The lowest BCUT2D eigenvalue weighted by molar-refractivity contribution is -0.151. The minimum atomic E-state index is -1.22. The molecule has 9 nitrogen and oxygen atoms in total. The molecule has 2 aromatic rings.